The summed E-state index contributed by atoms with van der Waals surface area (Å²) in [5, 5.41) is 0. The van der Waals surface area contributed by atoms with Crippen molar-refractivity contribution in [3.63, 3.8) is 0 Å². The summed E-state index contributed by atoms with van der Waals surface area (Å²) < 4.78 is 5.21. The van der Waals surface area contributed by atoms with Gasteiger partial charge in [0, 0.05) is 0 Å². The van der Waals surface area contributed by atoms with Gasteiger partial charge >= 0.3 is 19.5 Å². The molecule has 0 atom stereocenters. The molecule has 70 valence electrons. The maximum Gasteiger partial charge on any atom is 2.00 e. The molecule has 0 aliphatic carbocycles. The number of hydrogen-bond donors (Lipinski definition) is 0. The van der Waals surface area contributed by atoms with E-state index >= 15 is 0 Å². The number of rotatable bonds is 2. The Morgan fingerprint density at radius 1 is 1.08 bits per heavy atom. The first-order valence-electron chi connectivity index (χ1n) is 3.11. The largest absolute Gasteiger partial charge is 2.00 e. The average molecular weight is 383 g/mol. The van der Waals surface area contributed by atoms with Gasteiger partial charge in [-0.3, -0.25) is 0 Å². The van der Waals surface area contributed by atoms with Crippen LogP contribution in [0.3, 0.4) is 0 Å². The molecule has 12 heavy (non-hydrogen) atoms. The molecule has 0 bridgehead atoms. The van der Waals surface area contributed by atoms with E-state index in [4.69, 9.17) is 4.74 Å². The summed E-state index contributed by atoms with van der Waals surface area (Å²) in [7, 11) is 0. The van der Waals surface area contributed by atoms with E-state index in [2.05, 4.69) is 0 Å². The Bertz CT molecular complexity index is 170. The van der Waals surface area contributed by atoms with Gasteiger partial charge in [0.05, 0.1) is 6.61 Å². The van der Waals surface area contributed by atoms with E-state index in [0.717, 1.165) is 12.4 Å². The van der Waals surface area contributed by atoms with Crippen molar-refractivity contribution in [3.8, 4) is 5.75 Å². The third kappa shape index (κ3) is 7.26. The van der Waals surface area contributed by atoms with Gasteiger partial charge in [0.2, 0.25) is 0 Å². The summed E-state index contributed by atoms with van der Waals surface area (Å²) in [6.07, 6.45) is 0. The minimum atomic E-state index is 0. The number of para-hydroxylation sites is 1. The van der Waals surface area contributed by atoms with Crippen molar-refractivity contribution in [3.05, 3.63) is 30.3 Å². The van der Waals surface area contributed by atoms with E-state index < -0.39 is 0 Å². The minimum absolute atomic E-state index is 0. The Morgan fingerprint density at radius 3 is 2.00 bits per heavy atom. The number of halogens is 2. The van der Waals surface area contributed by atoms with Crippen LogP contribution in [-0.2, 0) is 19.5 Å². The number of ether oxygens (including phenoxy) is 1. The van der Waals surface area contributed by atoms with Crippen LogP contribution in [0.25, 0.3) is 0 Å². The van der Waals surface area contributed by atoms with Crippen LogP contribution in [-0.4, -0.2) is 6.61 Å². The van der Waals surface area contributed by atoms with Crippen LogP contribution >= 0.6 is 0 Å². The second-order valence-corrected chi connectivity index (χ2v) is 1.75. The zero-order valence-corrected chi connectivity index (χ0v) is 11.5. The van der Waals surface area contributed by atoms with Crippen LogP contribution in [0.15, 0.2) is 30.3 Å². The molecule has 0 saturated heterocycles. The topological polar surface area (TPSA) is 9.23 Å². The Kier molecular flexibility index (Phi) is 17.8. The Morgan fingerprint density at radius 2 is 1.58 bits per heavy atom. The van der Waals surface area contributed by atoms with Crippen molar-refractivity contribution < 1.29 is 58.2 Å². The molecule has 1 nitrogen and oxygen atoms in total. The molecule has 0 fully saturated rings. The van der Waals surface area contributed by atoms with E-state index in [0.29, 0.717) is 0 Å². The summed E-state index contributed by atoms with van der Waals surface area (Å²) in [6.45, 7) is 2.72. The minimum Gasteiger partial charge on any atom is -1.00 e. The van der Waals surface area contributed by atoms with Crippen LogP contribution in [0.4, 0.5) is 0 Å². The van der Waals surface area contributed by atoms with E-state index in [1.54, 1.807) is 0 Å². The summed E-state index contributed by atoms with van der Waals surface area (Å²) in [5.41, 5.74) is 0. The Hall–Kier alpha value is 0.603. The van der Waals surface area contributed by atoms with E-state index in [-0.39, 0.29) is 53.4 Å². The summed E-state index contributed by atoms with van der Waals surface area (Å²) in [5.74, 6) is 0.944. The van der Waals surface area contributed by atoms with E-state index in [1.807, 2.05) is 37.3 Å². The Balaban J connectivity index is -0.000000270. The molecule has 0 heterocycles. The second-order valence-electron chi connectivity index (χ2n) is 1.75. The predicted octanol–water partition coefficient (Wildman–Crippen LogP) is -3.91. The summed E-state index contributed by atoms with van der Waals surface area (Å²) in [4.78, 5) is 0. The third-order valence-electron chi connectivity index (χ3n) is 1.05. The molecular weight excluding hydrogens is 373 g/mol. The van der Waals surface area contributed by atoms with Crippen LogP contribution in [0.2, 0.25) is 0 Å². The van der Waals surface area contributed by atoms with E-state index in [1.165, 1.54) is 0 Å². The number of benzene rings is 1. The molecule has 0 radical (unpaired) electrons. The zero-order chi connectivity index (χ0) is 6.53. The van der Waals surface area contributed by atoms with Crippen molar-refractivity contribution in [2.24, 2.45) is 0 Å². The fourth-order valence-electron chi connectivity index (χ4n) is 0.683. The van der Waals surface area contributed by atoms with Gasteiger partial charge in [0.25, 0.3) is 0 Å². The molecule has 0 unspecified atom stereocenters. The first-order valence-corrected chi connectivity index (χ1v) is 3.11. The molecule has 0 saturated carbocycles. The predicted molar refractivity (Wildman–Crippen MR) is 37.6 cm³/mol. The SMILES string of the molecule is CCOc1ccccc1.[Br-].[Br-].[Ru+2]. The quantitative estimate of drug-likeness (QED) is 0.475. The monoisotopic (exact) mass is 382 g/mol. The maximum absolute atomic E-state index is 5.21. The van der Waals surface area contributed by atoms with Crippen molar-refractivity contribution in [1.82, 2.24) is 0 Å². The Labute approximate surface area is 107 Å². The molecular formula is C8H10Br2ORu. The molecule has 4 heteroatoms. The van der Waals surface area contributed by atoms with Crippen LogP contribution in [0.1, 0.15) is 6.92 Å². The van der Waals surface area contributed by atoms with Gasteiger partial charge < -0.3 is 38.7 Å². The fraction of sp³-hybridized carbons (Fsp3) is 0.250. The first kappa shape index (κ1) is 18.4. The molecule has 1 rings (SSSR count). The molecule has 0 amide bonds. The summed E-state index contributed by atoms with van der Waals surface area (Å²) in [6, 6.07) is 9.80. The average Bonchev–Trinajstić information content (AvgIpc) is 1.91. The van der Waals surface area contributed by atoms with Crippen LogP contribution < -0.4 is 38.7 Å². The molecule has 0 spiro atoms. The molecule has 0 aromatic heterocycles. The summed E-state index contributed by atoms with van der Waals surface area (Å²) >= 11 is 0. The third-order valence-corrected chi connectivity index (χ3v) is 1.05. The fourth-order valence-corrected chi connectivity index (χ4v) is 0.683. The standard InChI is InChI=1S/C8H10O.2BrH.Ru/c1-2-9-8-6-4-3-5-7-8;;;/h3-7H,2H2,1H3;2*1H;/q;;;+2/p-2. The van der Waals surface area contributed by atoms with Gasteiger partial charge in [-0.1, -0.05) is 18.2 Å². The second kappa shape index (κ2) is 11.6. The number of hydrogen-bond acceptors (Lipinski definition) is 1. The molecule has 1 aromatic rings. The van der Waals surface area contributed by atoms with E-state index in [9.17, 15) is 0 Å². The van der Waals surface area contributed by atoms with Crippen LogP contribution in [0.5, 0.6) is 5.75 Å². The van der Waals surface area contributed by atoms with Gasteiger partial charge in [-0.25, -0.2) is 0 Å². The normalized spacial score (nSPS) is 6.75. The van der Waals surface area contributed by atoms with Gasteiger partial charge in [-0.15, -0.1) is 0 Å². The van der Waals surface area contributed by atoms with Crippen molar-refractivity contribution in [2.45, 2.75) is 6.92 Å². The molecule has 0 aliphatic rings. The van der Waals surface area contributed by atoms with Gasteiger partial charge in [0.15, 0.2) is 0 Å². The smallest absolute Gasteiger partial charge is 1.00 e. The van der Waals surface area contributed by atoms with Gasteiger partial charge in [-0.2, -0.15) is 0 Å². The van der Waals surface area contributed by atoms with Crippen molar-refractivity contribution in [2.75, 3.05) is 6.61 Å². The van der Waals surface area contributed by atoms with Crippen molar-refractivity contribution in [1.29, 1.82) is 0 Å². The van der Waals surface area contributed by atoms with Crippen molar-refractivity contribution >= 4 is 0 Å². The zero-order valence-electron chi connectivity index (χ0n) is 6.61. The molecule has 0 aliphatic heterocycles. The molecule has 1 aromatic carbocycles. The maximum atomic E-state index is 5.21. The molecule has 0 N–H and O–H groups in total. The van der Waals surface area contributed by atoms with Gasteiger partial charge in [-0.05, 0) is 19.1 Å². The van der Waals surface area contributed by atoms with Gasteiger partial charge in [0.1, 0.15) is 5.75 Å². The van der Waals surface area contributed by atoms with Crippen LogP contribution in [0, 0.1) is 0 Å². The first-order chi connectivity index (χ1) is 4.43.